The van der Waals surface area contributed by atoms with Gasteiger partial charge in [-0.1, -0.05) is 11.8 Å². The van der Waals surface area contributed by atoms with Crippen LogP contribution in [0.2, 0.25) is 0 Å². The lowest BCUT2D eigenvalue weighted by Crippen LogP contribution is -2.20. The van der Waals surface area contributed by atoms with Crippen LogP contribution in [0, 0.1) is 0 Å². The van der Waals surface area contributed by atoms with E-state index in [0.717, 1.165) is 42.4 Å². The Balaban J connectivity index is 2.11. The highest BCUT2D eigenvalue weighted by atomic mass is 32.2. The predicted molar refractivity (Wildman–Crippen MR) is 68.4 cm³/mol. The van der Waals surface area contributed by atoms with Crippen molar-refractivity contribution in [2.24, 2.45) is 0 Å². The van der Waals surface area contributed by atoms with Crippen LogP contribution >= 0.6 is 11.8 Å². The Labute approximate surface area is 104 Å². The number of thioether (sulfide) groups is 1. The molecule has 1 saturated heterocycles. The van der Waals surface area contributed by atoms with Gasteiger partial charge in [-0.15, -0.1) is 0 Å². The molecule has 0 spiro atoms. The van der Waals surface area contributed by atoms with E-state index >= 15 is 0 Å². The molecule has 90 valence electrons. The normalized spacial score (nSPS) is 17.7. The minimum Gasteiger partial charge on any atom is -0.381 e. The Morgan fingerprint density at radius 2 is 2.24 bits per heavy atom. The third-order valence-corrected chi connectivity index (χ3v) is 3.82. The van der Waals surface area contributed by atoms with Gasteiger partial charge in [-0.2, -0.15) is 0 Å². The highest BCUT2D eigenvalue weighted by Crippen LogP contribution is 2.30. The Bertz CT molecular complexity index is 519. The standard InChI is InChI=1S/C12H15N3OS/c1-17-12-14-11-10(3-2-6-13-11)15(12)9-4-7-16-8-5-9/h2-3,6,9H,4-5,7-8H2,1H3. The van der Waals surface area contributed by atoms with E-state index in [0.29, 0.717) is 6.04 Å². The number of aromatic nitrogens is 3. The van der Waals surface area contributed by atoms with Crippen molar-refractivity contribution in [2.75, 3.05) is 19.5 Å². The fourth-order valence-corrected chi connectivity index (χ4v) is 2.97. The Hall–Kier alpha value is -1.07. The topological polar surface area (TPSA) is 39.9 Å². The molecular weight excluding hydrogens is 234 g/mol. The van der Waals surface area contributed by atoms with Crippen LogP contribution in [0.4, 0.5) is 0 Å². The molecular formula is C12H15N3OS. The average Bonchev–Trinajstić information content (AvgIpc) is 2.78. The minimum atomic E-state index is 0.500. The van der Waals surface area contributed by atoms with Gasteiger partial charge in [0.25, 0.3) is 0 Å². The summed E-state index contributed by atoms with van der Waals surface area (Å²) in [5.74, 6) is 0. The molecule has 0 aliphatic carbocycles. The van der Waals surface area contributed by atoms with Gasteiger partial charge in [0, 0.05) is 25.5 Å². The molecule has 2 aromatic heterocycles. The first-order chi connectivity index (χ1) is 8.40. The molecule has 3 heterocycles. The van der Waals surface area contributed by atoms with Crippen LogP contribution in [0.5, 0.6) is 0 Å². The van der Waals surface area contributed by atoms with E-state index in [1.54, 1.807) is 18.0 Å². The summed E-state index contributed by atoms with van der Waals surface area (Å²) < 4.78 is 7.76. The lowest BCUT2D eigenvalue weighted by Gasteiger charge is -2.25. The highest BCUT2D eigenvalue weighted by molar-refractivity contribution is 7.98. The molecule has 1 aliphatic heterocycles. The number of ether oxygens (including phenoxy) is 1. The molecule has 3 rings (SSSR count). The lowest BCUT2D eigenvalue weighted by molar-refractivity contribution is 0.0685. The van der Waals surface area contributed by atoms with Crippen molar-refractivity contribution in [1.29, 1.82) is 0 Å². The van der Waals surface area contributed by atoms with Gasteiger partial charge < -0.3 is 9.30 Å². The zero-order valence-corrected chi connectivity index (χ0v) is 10.6. The second-order valence-corrected chi connectivity index (χ2v) is 4.93. The molecule has 4 nitrogen and oxygen atoms in total. The zero-order valence-electron chi connectivity index (χ0n) is 9.80. The Kier molecular flexibility index (Phi) is 3.03. The number of hydrogen-bond acceptors (Lipinski definition) is 4. The third kappa shape index (κ3) is 1.93. The molecule has 0 N–H and O–H groups in total. The largest absolute Gasteiger partial charge is 0.381 e. The van der Waals surface area contributed by atoms with E-state index in [1.165, 1.54) is 0 Å². The van der Waals surface area contributed by atoms with Gasteiger partial charge in [0.15, 0.2) is 10.8 Å². The predicted octanol–water partition coefficient (Wildman–Crippen LogP) is 2.50. The van der Waals surface area contributed by atoms with Crippen molar-refractivity contribution in [3.63, 3.8) is 0 Å². The van der Waals surface area contributed by atoms with Gasteiger partial charge in [-0.05, 0) is 31.2 Å². The van der Waals surface area contributed by atoms with Crippen LogP contribution in [-0.2, 0) is 4.74 Å². The van der Waals surface area contributed by atoms with Crippen molar-refractivity contribution >= 4 is 22.9 Å². The second kappa shape index (κ2) is 4.66. The minimum absolute atomic E-state index is 0.500. The summed E-state index contributed by atoms with van der Waals surface area (Å²) in [7, 11) is 0. The molecule has 0 saturated carbocycles. The number of fused-ring (bicyclic) bond motifs is 1. The van der Waals surface area contributed by atoms with E-state index in [1.807, 2.05) is 6.07 Å². The molecule has 0 atom stereocenters. The lowest BCUT2D eigenvalue weighted by atomic mass is 10.1. The molecule has 1 aliphatic rings. The number of nitrogens with zero attached hydrogens (tertiary/aromatic N) is 3. The van der Waals surface area contributed by atoms with Crippen LogP contribution in [0.1, 0.15) is 18.9 Å². The van der Waals surface area contributed by atoms with Crippen molar-refractivity contribution in [3.8, 4) is 0 Å². The van der Waals surface area contributed by atoms with Crippen molar-refractivity contribution in [3.05, 3.63) is 18.3 Å². The fraction of sp³-hybridized carbons (Fsp3) is 0.500. The quantitative estimate of drug-likeness (QED) is 0.767. The van der Waals surface area contributed by atoms with Gasteiger partial charge >= 0.3 is 0 Å². The van der Waals surface area contributed by atoms with Crippen LogP contribution in [0.25, 0.3) is 11.2 Å². The summed E-state index contributed by atoms with van der Waals surface area (Å²) in [5.41, 5.74) is 1.99. The highest BCUT2D eigenvalue weighted by Gasteiger charge is 2.21. The first kappa shape index (κ1) is 11.0. The smallest absolute Gasteiger partial charge is 0.178 e. The van der Waals surface area contributed by atoms with Crippen LogP contribution < -0.4 is 0 Å². The summed E-state index contributed by atoms with van der Waals surface area (Å²) in [6.07, 6.45) is 5.99. The molecule has 1 fully saturated rings. The molecule has 0 amide bonds. The summed E-state index contributed by atoms with van der Waals surface area (Å²) >= 11 is 1.69. The molecule has 2 aromatic rings. The maximum atomic E-state index is 5.43. The second-order valence-electron chi connectivity index (χ2n) is 4.16. The molecule has 0 unspecified atom stereocenters. The summed E-state index contributed by atoms with van der Waals surface area (Å²) in [6.45, 7) is 1.69. The third-order valence-electron chi connectivity index (χ3n) is 3.17. The van der Waals surface area contributed by atoms with Gasteiger partial charge in [-0.3, -0.25) is 0 Å². The van der Waals surface area contributed by atoms with Crippen molar-refractivity contribution in [1.82, 2.24) is 14.5 Å². The van der Waals surface area contributed by atoms with E-state index < -0.39 is 0 Å². The number of rotatable bonds is 2. The molecule has 0 bridgehead atoms. The molecule has 5 heteroatoms. The molecule has 0 aromatic carbocycles. The van der Waals surface area contributed by atoms with E-state index in [9.17, 15) is 0 Å². The van der Waals surface area contributed by atoms with Crippen LogP contribution in [0.3, 0.4) is 0 Å². The molecule has 17 heavy (non-hydrogen) atoms. The summed E-state index contributed by atoms with van der Waals surface area (Å²) in [5, 5.41) is 1.06. The van der Waals surface area contributed by atoms with Crippen molar-refractivity contribution in [2.45, 2.75) is 24.0 Å². The van der Waals surface area contributed by atoms with Crippen LogP contribution in [0.15, 0.2) is 23.5 Å². The first-order valence-electron chi connectivity index (χ1n) is 5.85. The summed E-state index contributed by atoms with van der Waals surface area (Å²) in [6, 6.07) is 4.58. The Morgan fingerprint density at radius 1 is 1.41 bits per heavy atom. The van der Waals surface area contributed by atoms with E-state index in [4.69, 9.17) is 4.74 Å². The maximum absolute atomic E-state index is 5.43. The Morgan fingerprint density at radius 3 is 3.00 bits per heavy atom. The van der Waals surface area contributed by atoms with Gasteiger partial charge in [0.2, 0.25) is 0 Å². The zero-order chi connectivity index (χ0) is 11.7. The molecule has 0 radical (unpaired) electrons. The van der Waals surface area contributed by atoms with Gasteiger partial charge in [-0.25, -0.2) is 9.97 Å². The van der Waals surface area contributed by atoms with E-state index in [-0.39, 0.29) is 0 Å². The average molecular weight is 249 g/mol. The monoisotopic (exact) mass is 249 g/mol. The van der Waals surface area contributed by atoms with E-state index in [2.05, 4.69) is 26.9 Å². The number of pyridine rings is 1. The van der Waals surface area contributed by atoms with Crippen LogP contribution in [-0.4, -0.2) is 34.0 Å². The maximum Gasteiger partial charge on any atom is 0.178 e. The van der Waals surface area contributed by atoms with Gasteiger partial charge in [0.05, 0.1) is 5.52 Å². The fourth-order valence-electron chi connectivity index (χ4n) is 2.35. The first-order valence-corrected chi connectivity index (χ1v) is 7.07. The summed E-state index contributed by atoms with van der Waals surface area (Å²) in [4.78, 5) is 8.91. The SMILES string of the molecule is CSc1nc2ncccc2n1C1CCOCC1. The number of hydrogen-bond donors (Lipinski definition) is 0. The van der Waals surface area contributed by atoms with Gasteiger partial charge in [0.1, 0.15) is 0 Å². The van der Waals surface area contributed by atoms with Crippen molar-refractivity contribution < 1.29 is 4.74 Å². The number of imidazole rings is 1.